The minimum atomic E-state index is -0.204. The van der Waals surface area contributed by atoms with Crippen molar-refractivity contribution in [3.63, 3.8) is 0 Å². The fraction of sp³-hybridized carbons (Fsp3) is 0.400. The summed E-state index contributed by atoms with van der Waals surface area (Å²) < 4.78 is 11.0. The number of methoxy groups -OCH3 is 2. The first-order valence-electron chi connectivity index (χ1n) is 7.96. The maximum absolute atomic E-state index is 10.9. The third-order valence-electron chi connectivity index (χ3n) is 4.12. The van der Waals surface area contributed by atoms with Crippen LogP contribution in [0.4, 0.5) is 5.69 Å². The molecule has 4 nitrogen and oxygen atoms in total. The molecule has 130 valence electrons. The van der Waals surface area contributed by atoms with E-state index in [0.29, 0.717) is 17.1 Å². The fourth-order valence-electron chi connectivity index (χ4n) is 2.68. The van der Waals surface area contributed by atoms with Crippen LogP contribution >= 0.6 is 0 Å². The average molecular weight is 329 g/mol. The predicted molar refractivity (Wildman–Crippen MR) is 99.7 cm³/mol. The number of rotatable bonds is 4. The van der Waals surface area contributed by atoms with Gasteiger partial charge < -0.3 is 19.5 Å². The van der Waals surface area contributed by atoms with Crippen LogP contribution in [0.5, 0.6) is 17.2 Å². The van der Waals surface area contributed by atoms with Crippen LogP contribution in [-0.4, -0.2) is 33.4 Å². The molecule has 0 spiro atoms. The Bertz CT molecular complexity index is 730. The number of phenolic OH excluding ortho intramolecular Hbond substituents is 1. The Morgan fingerprint density at radius 1 is 0.917 bits per heavy atom. The van der Waals surface area contributed by atoms with Crippen molar-refractivity contribution in [1.82, 2.24) is 0 Å². The van der Waals surface area contributed by atoms with Gasteiger partial charge in [0.1, 0.15) is 17.2 Å². The Kier molecular flexibility index (Phi) is 4.97. The minimum Gasteiger partial charge on any atom is -0.507 e. The highest BCUT2D eigenvalue weighted by atomic mass is 16.5. The topological polar surface area (TPSA) is 41.9 Å². The molecule has 0 saturated heterocycles. The van der Waals surface area contributed by atoms with Crippen LogP contribution in [0.1, 0.15) is 26.3 Å². The lowest BCUT2D eigenvalue weighted by atomic mass is 9.84. The number of hydrogen-bond donors (Lipinski definition) is 1. The summed E-state index contributed by atoms with van der Waals surface area (Å²) in [7, 11) is 7.24. The Morgan fingerprint density at radius 3 is 2.08 bits per heavy atom. The van der Waals surface area contributed by atoms with Crippen molar-refractivity contribution in [2.75, 3.05) is 33.2 Å². The standard InChI is InChI=1S/C20H27NO3/c1-20(2,3)17-12-14(23-6)11-16(19(17)22)15-9-8-13(21(4)5)10-18(15)24-7/h8-12,22H,1-7H3. The molecule has 0 heterocycles. The molecule has 0 aromatic heterocycles. The van der Waals surface area contributed by atoms with E-state index in [1.54, 1.807) is 14.2 Å². The molecular formula is C20H27NO3. The number of ether oxygens (including phenoxy) is 2. The Labute approximate surface area is 144 Å². The van der Waals surface area contributed by atoms with Gasteiger partial charge in [0.2, 0.25) is 0 Å². The summed E-state index contributed by atoms with van der Waals surface area (Å²) in [6.45, 7) is 6.20. The number of aromatic hydroxyl groups is 1. The number of hydrogen-bond acceptors (Lipinski definition) is 4. The maximum Gasteiger partial charge on any atom is 0.128 e. The summed E-state index contributed by atoms with van der Waals surface area (Å²) >= 11 is 0. The van der Waals surface area contributed by atoms with Crippen molar-refractivity contribution < 1.29 is 14.6 Å². The normalized spacial score (nSPS) is 11.3. The summed E-state index contributed by atoms with van der Waals surface area (Å²) in [5.74, 6) is 1.69. The predicted octanol–water partition coefficient (Wildman–Crippen LogP) is 4.44. The maximum atomic E-state index is 10.9. The van der Waals surface area contributed by atoms with Crippen LogP contribution in [0.3, 0.4) is 0 Å². The summed E-state index contributed by atoms with van der Waals surface area (Å²) in [4.78, 5) is 2.01. The van der Waals surface area contributed by atoms with Crippen LogP contribution in [0, 0.1) is 0 Å². The van der Waals surface area contributed by atoms with Gasteiger partial charge in [-0.25, -0.2) is 0 Å². The first-order chi connectivity index (χ1) is 11.2. The second-order valence-electron chi connectivity index (χ2n) is 7.10. The molecule has 1 N–H and O–H groups in total. The molecule has 0 radical (unpaired) electrons. The van der Waals surface area contributed by atoms with Gasteiger partial charge in [-0.05, 0) is 29.7 Å². The molecule has 24 heavy (non-hydrogen) atoms. The SMILES string of the molecule is COc1cc(-c2ccc(N(C)C)cc2OC)c(O)c(C(C)(C)C)c1. The van der Waals surface area contributed by atoms with E-state index in [1.165, 1.54) is 0 Å². The average Bonchev–Trinajstić information content (AvgIpc) is 2.53. The molecule has 2 aromatic carbocycles. The lowest BCUT2D eigenvalue weighted by Gasteiger charge is -2.24. The van der Waals surface area contributed by atoms with Gasteiger partial charge in [0, 0.05) is 42.5 Å². The van der Waals surface area contributed by atoms with Gasteiger partial charge in [0.15, 0.2) is 0 Å². The van der Waals surface area contributed by atoms with Crippen molar-refractivity contribution in [2.45, 2.75) is 26.2 Å². The zero-order valence-corrected chi connectivity index (χ0v) is 15.6. The van der Waals surface area contributed by atoms with E-state index < -0.39 is 0 Å². The highest BCUT2D eigenvalue weighted by molar-refractivity contribution is 5.80. The number of anilines is 1. The Balaban J connectivity index is 2.72. The van der Waals surface area contributed by atoms with Gasteiger partial charge in [-0.1, -0.05) is 20.8 Å². The first kappa shape index (κ1) is 18.0. The van der Waals surface area contributed by atoms with E-state index in [4.69, 9.17) is 9.47 Å². The molecule has 0 aliphatic heterocycles. The molecule has 0 atom stereocenters. The third kappa shape index (κ3) is 3.42. The molecule has 0 fully saturated rings. The highest BCUT2D eigenvalue weighted by Gasteiger charge is 2.23. The molecule has 0 amide bonds. The van der Waals surface area contributed by atoms with E-state index in [2.05, 4.69) is 20.8 Å². The van der Waals surface area contributed by atoms with Gasteiger partial charge in [0.25, 0.3) is 0 Å². The lowest BCUT2D eigenvalue weighted by molar-refractivity contribution is 0.405. The van der Waals surface area contributed by atoms with Gasteiger partial charge in [-0.15, -0.1) is 0 Å². The monoisotopic (exact) mass is 329 g/mol. The summed E-state index contributed by atoms with van der Waals surface area (Å²) in [5.41, 5.74) is 3.22. The molecule has 0 unspecified atom stereocenters. The lowest BCUT2D eigenvalue weighted by Crippen LogP contribution is -2.12. The molecule has 4 heteroatoms. The summed E-state index contributed by atoms with van der Waals surface area (Å²) in [6, 6.07) is 9.67. The van der Waals surface area contributed by atoms with Crippen molar-refractivity contribution in [1.29, 1.82) is 0 Å². The van der Waals surface area contributed by atoms with Crippen LogP contribution < -0.4 is 14.4 Å². The summed E-state index contributed by atoms with van der Waals surface area (Å²) in [5, 5.41) is 10.9. The number of benzene rings is 2. The van der Waals surface area contributed by atoms with Crippen molar-refractivity contribution in [3.05, 3.63) is 35.9 Å². The van der Waals surface area contributed by atoms with E-state index >= 15 is 0 Å². The van der Waals surface area contributed by atoms with Crippen molar-refractivity contribution in [3.8, 4) is 28.4 Å². The highest BCUT2D eigenvalue weighted by Crippen LogP contribution is 2.44. The minimum absolute atomic E-state index is 0.204. The molecular weight excluding hydrogens is 302 g/mol. The van der Waals surface area contributed by atoms with E-state index in [-0.39, 0.29) is 11.2 Å². The van der Waals surface area contributed by atoms with Crippen LogP contribution in [0.25, 0.3) is 11.1 Å². The first-order valence-corrected chi connectivity index (χ1v) is 7.96. The smallest absolute Gasteiger partial charge is 0.128 e. The van der Waals surface area contributed by atoms with Crippen LogP contribution in [0.2, 0.25) is 0 Å². The Hall–Kier alpha value is -2.36. The zero-order valence-electron chi connectivity index (χ0n) is 15.6. The molecule has 0 aliphatic carbocycles. The van der Waals surface area contributed by atoms with E-state index in [0.717, 1.165) is 16.8 Å². The van der Waals surface area contributed by atoms with E-state index in [1.807, 2.05) is 49.3 Å². The van der Waals surface area contributed by atoms with Gasteiger partial charge in [0.05, 0.1) is 14.2 Å². The molecule has 0 saturated carbocycles. The third-order valence-corrected chi connectivity index (χ3v) is 4.12. The fourth-order valence-corrected chi connectivity index (χ4v) is 2.68. The summed E-state index contributed by atoms with van der Waals surface area (Å²) in [6.07, 6.45) is 0. The largest absolute Gasteiger partial charge is 0.507 e. The zero-order chi connectivity index (χ0) is 18.1. The molecule has 0 aliphatic rings. The second-order valence-corrected chi connectivity index (χ2v) is 7.10. The molecule has 2 rings (SSSR count). The van der Waals surface area contributed by atoms with E-state index in [9.17, 15) is 5.11 Å². The van der Waals surface area contributed by atoms with Gasteiger partial charge >= 0.3 is 0 Å². The molecule has 2 aromatic rings. The Morgan fingerprint density at radius 2 is 1.58 bits per heavy atom. The number of nitrogens with zero attached hydrogens (tertiary/aromatic N) is 1. The van der Waals surface area contributed by atoms with Crippen molar-refractivity contribution in [2.24, 2.45) is 0 Å². The van der Waals surface area contributed by atoms with Crippen LogP contribution in [0.15, 0.2) is 30.3 Å². The second kappa shape index (κ2) is 6.63. The van der Waals surface area contributed by atoms with Gasteiger partial charge in [-0.2, -0.15) is 0 Å². The molecule has 0 bridgehead atoms. The number of phenols is 1. The van der Waals surface area contributed by atoms with Gasteiger partial charge in [-0.3, -0.25) is 0 Å². The van der Waals surface area contributed by atoms with Crippen molar-refractivity contribution >= 4 is 5.69 Å². The quantitative estimate of drug-likeness (QED) is 0.900. The van der Waals surface area contributed by atoms with Crippen LogP contribution in [-0.2, 0) is 5.41 Å².